The maximum Gasteiger partial charge on any atom is 0.508 e. The highest BCUT2D eigenvalue weighted by atomic mass is 16.7. The first-order chi connectivity index (χ1) is 12.3. The molecule has 0 saturated heterocycles. The lowest BCUT2D eigenvalue weighted by molar-refractivity contribution is -0.145. The molecule has 0 aromatic heterocycles. The van der Waals surface area contributed by atoms with Crippen molar-refractivity contribution in [1.29, 1.82) is 0 Å². The lowest BCUT2D eigenvalue weighted by Gasteiger charge is -2.31. The van der Waals surface area contributed by atoms with E-state index >= 15 is 0 Å². The maximum atomic E-state index is 12.5. The predicted molar refractivity (Wildman–Crippen MR) is 97.9 cm³/mol. The van der Waals surface area contributed by atoms with Crippen LogP contribution in [-0.4, -0.2) is 63.8 Å². The van der Waals surface area contributed by atoms with E-state index in [0.29, 0.717) is 0 Å². The van der Waals surface area contributed by atoms with Crippen LogP contribution < -0.4 is 0 Å². The number of amides is 2. The number of aliphatic carboxylic acids is 1. The molecule has 0 rings (SSSR count). The molecule has 10 heteroatoms. The van der Waals surface area contributed by atoms with Crippen molar-refractivity contribution < 1.29 is 43.2 Å². The van der Waals surface area contributed by atoms with Crippen molar-refractivity contribution in [3.8, 4) is 0 Å². The summed E-state index contributed by atoms with van der Waals surface area (Å²) in [7, 11) is 0. The summed E-state index contributed by atoms with van der Waals surface area (Å²) in [5.74, 6) is -1.60. The van der Waals surface area contributed by atoms with Gasteiger partial charge in [-0.25, -0.2) is 19.2 Å². The van der Waals surface area contributed by atoms with Gasteiger partial charge in [-0.3, -0.25) is 0 Å². The van der Waals surface area contributed by atoms with Crippen LogP contribution in [0.2, 0.25) is 0 Å². The van der Waals surface area contributed by atoms with E-state index in [9.17, 15) is 24.3 Å². The Bertz CT molecular complexity index is 566. The number of carboxylic acids is 1. The highest BCUT2D eigenvalue weighted by Gasteiger charge is 2.41. The van der Waals surface area contributed by atoms with Gasteiger partial charge in [-0.1, -0.05) is 0 Å². The Morgan fingerprint density at radius 2 is 1.11 bits per heavy atom. The van der Waals surface area contributed by atoms with Crippen molar-refractivity contribution in [2.24, 2.45) is 0 Å². The monoisotopic (exact) mass is 405 g/mol. The molecule has 0 bridgehead atoms. The van der Waals surface area contributed by atoms with Crippen LogP contribution in [0.1, 0.15) is 62.3 Å². The molecule has 0 aromatic carbocycles. The fourth-order valence-electron chi connectivity index (χ4n) is 1.63. The molecule has 2 amide bonds. The van der Waals surface area contributed by atoms with Crippen molar-refractivity contribution in [3.63, 3.8) is 0 Å². The van der Waals surface area contributed by atoms with Crippen LogP contribution in [0.5, 0.6) is 0 Å². The Morgan fingerprint density at radius 3 is 1.39 bits per heavy atom. The van der Waals surface area contributed by atoms with Crippen LogP contribution in [0.4, 0.5) is 14.4 Å². The van der Waals surface area contributed by atoms with Crippen LogP contribution in [0.15, 0.2) is 0 Å². The molecule has 0 aliphatic heterocycles. The molecule has 0 saturated carbocycles. The third-order valence-electron chi connectivity index (χ3n) is 2.53. The van der Waals surface area contributed by atoms with Crippen molar-refractivity contribution >= 4 is 24.3 Å². The maximum absolute atomic E-state index is 12.5. The van der Waals surface area contributed by atoms with Crippen molar-refractivity contribution in [1.82, 2.24) is 4.90 Å². The van der Waals surface area contributed by atoms with Gasteiger partial charge in [-0.15, -0.1) is 0 Å². The minimum absolute atomic E-state index is 0.267. The molecule has 0 heterocycles. The molecule has 0 aliphatic carbocycles. The molecule has 0 aliphatic rings. The Labute approximate surface area is 165 Å². The van der Waals surface area contributed by atoms with E-state index in [1.54, 1.807) is 62.3 Å². The lowest BCUT2D eigenvalue weighted by Crippen LogP contribution is -2.54. The van der Waals surface area contributed by atoms with Crippen molar-refractivity contribution in [2.75, 3.05) is 6.61 Å². The average Bonchev–Trinajstić information content (AvgIpc) is 2.36. The number of nitrogens with zero attached hydrogens (tertiary/aromatic N) is 1. The molecule has 0 radical (unpaired) electrons. The lowest BCUT2D eigenvalue weighted by atomic mass is 10.2. The van der Waals surface area contributed by atoms with E-state index in [2.05, 4.69) is 0 Å². The normalized spacial score (nSPS) is 13.2. The first-order valence-corrected chi connectivity index (χ1v) is 8.66. The highest BCUT2D eigenvalue weighted by Crippen LogP contribution is 2.18. The first-order valence-electron chi connectivity index (χ1n) is 8.66. The zero-order chi connectivity index (χ0) is 22.5. The topological polar surface area (TPSA) is 129 Å². The molecule has 0 fully saturated rings. The summed E-state index contributed by atoms with van der Waals surface area (Å²) in [5.41, 5.74) is -2.88. The van der Waals surface area contributed by atoms with E-state index in [1.165, 1.54) is 0 Å². The number of imide groups is 1. The fourth-order valence-corrected chi connectivity index (χ4v) is 1.63. The van der Waals surface area contributed by atoms with Gasteiger partial charge < -0.3 is 24.1 Å². The minimum Gasteiger partial charge on any atom is -0.480 e. The van der Waals surface area contributed by atoms with Gasteiger partial charge in [-0.05, 0) is 62.3 Å². The molecule has 10 nitrogen and oxygen atoms in total. The van der Waals surface area contributed by atoms with Crippen LogP contribution in [0.3, 0.4) is 0 Å². The molecule has 1 N–H and O–H groups in total. The second kappa shape index (κ2) is 9.11. The van der Waals surface area contributed by atoms with E-state index in [0.717, 1.165) is 0 Å². The second-order valence-corrected chi connectivity index (χ2v) is 8.96. The molecule has 1 unspecified atom stereocenters. The van der Waals surface area contributed by atoms with Gasteiger partial charge in [0.15, 0.2) is 6.04 Å². The minimum atomic E-state index is -1.88. The summed E-state index contributed by atoms with van der Waals surface area (Å²) in [4.78, 5) is 48.6. The third kappa shape index (κ3) is 10.6. The summed E-state index contributed by atoms with van der Waals surface area (Å²) in [5, 5.41) is 9.49. The zero-order valence-electron chi connectivity index (χ0n) is 17.9. The zero-order valence-corrected chi connectivity index (χ0v) is 17.9. The van der Waals surface area contributed by atoms with Gasteiger partial charge in [0.25, 0.3) is 0 Å². The Hall–Kier alpha value is -2.52. The SMILES string of the molecule is CC(C)(C)OC(=O)OCC(C(=O)O)N(C(=O)OC(C)(C)C)C(=O)OC(C)(C)C. The summed E-state index contributed by atoms with van der Waals surface area (Å²) in [6, 6.07) is -1.88. The number of carboxylic acid groups (broad SMARTS) is 1. The van der Waals surface area contributed by atoms with Crippen molar-refractivity contribution in [2.45, 2.75) is 85.2 Å². The Kier molecular flexibility index (Phi) is 8.29. The molecule has 0 aromatic rings. The molecule has 1 atom stereocenters. The van der Waals surface area contributed by atoms with Crippen LogP contribution >= 0.6 is 0 Å². The van der Waals surface area contributed by atoms with E-state index in [1.807, 2.05) is 0 Å². The van der Waals surface area contributed by atoms with E-state index in [4.69, 9.17) is 18.9 Å². The van der Waals surface area contributed by atoms with Crippen LogP contribution in [-0.2, 0) is 23.7 Å². The van der Waals surface area contributed by atoms with Gasteiger partial charge in [0.05, 0.1) is 0 Å². The highest BCUT2D eigenvalue weighted by molar-refractivity contribution is 5.93. The van der Waals surface area contributed by atoms with Gasteiger partial charge >= 0.3 is 24.3 Å². The number of carbonyl (C=O) groups excluding carboxylic acids is 3. The standard InChI is InChI=1S/C18H31NO9/c1-16(2,3)26-13(22)19(14(23)27-17(4,5)6)11(12(20)21)10-25-15(24)28-18(7,8)9/h11H,10H2,1-9H3,(H,20,21). The van der Waals surface area contributed by atoms with E-state index in [-0.39, 0.29) is 4.90 Å². The quantitative estimate of drug-likeness (QED) is 0.551. The first kappa shape index (κ1) is 25.5. The molecular weight excluding hydrogens is 374 g/mol. The van der Waals surface area contributed by atoms with Gasteiger partial charge in [0, 0.05) is 0 Å². The largest absolute Gasteiger partial charge is 0.508 e. The number of rotatable bonds is 4. The van der Waals surface area contributed by atoms with Gasteiger partial charge in [0.1, 0.15) is 23.4 Å². The number of hydrogen-bond donors (Lipinski definition) is 1. The number of carbonyl (C=O) groups is 4. The molecular formula is C18H31NO9. The Balaban J connectivity index is 5.62. The Morgan fingerprint density at radius 1 is 0.750 bits per heavy atom. The molecule has 162 valence electrons. The molecule has 0 spiro atoms. The smallest absolute Gasteiger partial charge is 0.480 e. The van der Waals surface area contributed by atoms with Gasteiger partial charge in [-0.2, -0.15) is 4.90 Å². The molecule has 28 heavy (non-hydrogen) atoms. The van der Waals surface area contributed by atoms with Crippen LogP contribution in [0, 0.1) is 0 Å². The summed E-state index contributed by atoms with van der Waals surface area (Å²) in [6.07, 6.45) is -3.64. The number of hydrogen-bond acceptors (Lipinski definition) is 8. The van der Waals surface area contributed by atoms with Gasteiger partial charge in [0.2, 0.25) is 0 Å². The fraction of sp³-hybridized carbons (Fsp3) is 0.778. The average molecular weight is 405 g/mol. The summed E-state index contributed by atoms with van der Waals surface area (Å²) < 4.78 is 19.9. The predicted octanol–water partition coefficient (Wildman–Crippen LogP) is 3.56. The van der Waals surface area contributed by atoms with Crippen molar-refractivity contribution in [3.05, 3.63) is 0 Å². The summed E-state index contributed by atoms with van der Waals surface area (Å²) >= 11 is 0. The third-order valence-corrected chi connectivity index (χ3v) is 2.53. The van der Waals surface area contributed by atoms with E-state index < -0.39 is 53.8 Å². The van der Waals surface area contributed by atoms with Crippen LogP contribution in [0.25, 0.3) is 0 Å². The summed E-state index contributed by atoms with van der Waals surface area (Å²) in [6.45, 7) is 13.2. The number of ether oxygens (including phenoxy) is 4. The second-order valence-electron chi connectivity index (χ2n) is 8.96.